The van der Waals surface area contributed by atoms with Crippen molar-refractivity contribution in [3.63, 3.8) is 0 Å². The van der Waals surface area contributed by atoms with Crippen LogP contribution in [0.1, 0.15) is 33.6 Å². The Kier molecular flexibility index (Phi) is 5.28. The molecule has 0 saturated carbocycles. The Balaban J connectivity index is 2.68. The molecule has 1 atom stereocenters. The summed E-state index contributed by atoms with van der Waals surface area (Å²) in [6.45, 7) is 5.22. The van der Waals surface area contributed by atoms with Gasteiger partial charge in [0.05, 0.1) is 0 Å². The van der Waals surface area contributed by atoms with Crippen molar-refractivity contribution >= 4 is 23.9 Å². The first kappa shape index (κ1) is 16.9. The van der Waals surface area contributed by atoms with Crippen molar-refractivity contribution in [2.45, 2.75) is 39.2 Å². The van der Waals surface area contributed by atoms with Gasteiger partial charge in [-0.3, -0.25) is 19.8 Å². The largest absolute Gasteiger partial charge is 0.341 e. The zero-order valence-electron chi connectivity index (χ0n) is 12.8. The maximum Gasteiger partial charge on any atom is 0.325 e. The Labute approximate surface area is 123 Å². The second kappa shape index (κ2) is 6.55. The highest BCUT2D eigenvalue weighted by Gasteiger charge is 2.47. The average Bonchev–Trinajstić information content (AvgIpc) is 2.60. The molecule has 0 unspecified atom stereocenters. The monoisotopic (exact) mass is 298 g/mol. The van der Waals surface area contributed by atoms with Crippen molar-refractivity contribution in [1.82, 2.24) is 20.9 Å². The van der Waals surface area contributed by atoms with Gasteiger partial charge in [-0.05, 0) is 25.7 Å². The van der Waals surface area contributed by atoms with Crippen LogP contribution in [0.25, 0.3) is 0 Å². The fourth-order valence-electron chi connectivity index (χ4n) is 2.01. The van der Waals surface area contributed by atoms with Crippen molar-refractivity contribution in [3.05, 3.63) is 0 Å². The van der Waals surface area contributed by atoms with Gasteiger partial charge in [0.15, 0.2) is 0 Å². The van der Waals surface area contributed by atoms with Gasteiger partial charge in [-0.15, -0.1) is 0 Å². The minimum absolute atomic E-state index is 0.400. The normalized spacial score (nSPS) is 21.5. The average molecular weight is 298 g/mol. The van der Waals surface area contributed by atoms with E-state index in [1.807, 2.05) is 19.2 Å². The molecule has 1 rings (SSSR count). The first-order valence-electron chi connectivity index (χ1n) is 6.85. The van der Waals surface area contributed by atoms with Crippen LogP contribution in [-0.4, -0.2) is 47.9 Å². The number of urea groups is 2. The number of carbonyl (C=O) groups excluding carboxylic acids is 4. The maximum absolute atomic E-state index is 12.3. The summed E-state index contributed by atoms with van der Waals surface area (Å²) in [4.78, 5) is 47.6. The maximum atomic E-state index is 12.3. The third kappa shape index (κ3) is 4.17. The summed E-state index contributed by atoms with van der Waals surface area (Å²) < 4.78 is 0. The topological polar surface area (TPSA) is 108 Å². The number of carbonyl (C=O) groups is 4. The molecule has 118 valence electrons. The molecular weight excluding hydrogens is 276 g/mol. The van der Waals surface area contributed by atoms with Gasteiger partial charge in [0.2, 0.25) is 5.91 Å². The molecular formula is C13H22N4O4. The van der Waals surface area contributed by atoms with Crippen LogP contribution in [0.3, 0.4) is 0 Å². The number of imide groups is 2. The van der Waals surface area contributed by atoms with Crippen LogP contribution in [0, 0.1) is 5.92 Å². The molecule has 0 aromatic rings. The number of rotatable bonds is 5. The van der Waals surface area contributed by atoms with Gasteiger partial charge in [-0.2, -0.15) is 0 Å². The number of hydrogen-bond donors (Lipinski definition) is 3. The van der Waals surface area contributed by atoms with E-state index in [0.29, 0.717) is 12.3 Å². The van der Waals surface area contributed by atoms with Crippen LogP contribution in [0.15, 0.2) is 0 Å². The molecule has 1 saturated heterocycles. The lowest BCUT2D eigenvalue weighted by molar-refractivity contribution is -0.134. The van der Waals surface area contributed by atoms with Crippen LogP contribution < -0.4 is 16.0 Å². The van der Waals surface area contributed by atoms with E-state index in [2.05, 4.69) is 10.6 Å². The molecule has 0 aromatic carbocycles. The SMILES string of the molecule is CNC(=O)NC(=O)CN1C(=O)N[C@](C)(CCC(C)C)C1=O. The van der Waals surface area contributed by atoms with Gasteiger partial charge >= 0.3 is 12.1 Å². The predicted octanol–water partition coefficient (Wildman–Crippen LogP) is 0.189. The van der Waals surface area contributed by atoms with E-state index in [9.17, 15) is 19.2 Å². The molecule has 0 radical (unpaired) electrons. The summed E-state index contributed by atoms with van der Waals surface area (Å²) in [5.74, 6) is -0.761. The van der Waals surface area contributed by atoms with E-state index in [4.69, 9.17) is 0 Å². The fourth-order valence-corrected chi connectivity index (χ4v) is 2.01. The standard InChI is InChI=1S/C13H22N4O4/c1-8(2)5-6-13(3)10(19)17(12(21)16-13)7-9(18)15-11(20)14-4/h8H,5-7H2,1-4H3,(H,16,21)(H2,14,15,18,20)/t13-/m1/s1. The first-order chi connectivity index (χ1) is 9.69. The number of nitrogens with one attached hydrogen (secondary N) is 3. The molecule has 8 nitrogen and oxygen atoms in total. The number of nitrogens with zero attached hydrogens (tertiary/aromatic N) is 1. The van der Waals surface area contributed by atoms with Crippen LogP contribution in [0.2, 0.25) is 0 Å². The summed E-state index contributed by atoms with van der Waals surface area (Å²) in [5, 5.41) is 6.84. The van der Waals surface area contributed by atoms with Gasteiger partial charge in [0.25, 0.3) is 5.91 Å². The minimum atomic E-state index is -0.991. The van der Waals surface area contributed by atoms with Crippen molar-refractivity contribution in [2.75, 3.05) is 13.6 Å². The Hall–Kier alpha value is -2.12. The molecule has 8 heteroatoms. The zero-order valence-corrected chi connectivity index (χ0v) is 12.8. The Morgan fingerprint density at radius 1 is 1.33 bits per heavy atom. The highest BCUT2D eigenvalue weighted by Crippen LogP contribution is 2.24. The van der Waals surface area contributed by atoms with E-state index in [-0.39, 0.29) is 0 Å². The third-order valence-corrected chi connectivity index (χ3v) is 3.35. The smallest absolute Gasteiger partial charge is 0.325 e. The van der Waals surface area contributed by atoms with E-state index < -0.39 is 36.0 Å². The molecule has 0 bridgehead atoms. The summed E-state index contributed by atoms with van der Waals surface area (Å²) in [6, 6.07) is -1.30. The van der Waals surface area contributed by atoms with Gasteiger partial charge in [0, 0.05) is 7.05 Å². The van der Waals surface area contributed by atoms with Crippen LogP contribution in [-0.2, 0) is 9.59 Å². The number of amides is 6. The second-order valence-electron chi connectivity index (χ2n) is 5.71. The van der Waals surface area contributed by atoms with E-state index in [0.717, 1.165) is 11.3 Å². The molecule has 3 N–H and O–H groups in total. The number of hydrogen-bond acceptors (Lipinski definition) is 4. The van der Waals surface area contributed by atoms with Crippen molar-refractivity contribution in [2.24, 2.45) is 5.92 Å². The highest BCUT2D eigenvalue weighted by molar-refractivity contribution is 6.09. The lowest BCUT2D eigenvalue weighted by Gasteiger charge is -2.22. The Morgan fingerprint density at radius 3 is 2.48 bits per heavy atom. The molecule has 1 aliphatic heterocycles. The Bertz CT molecular complexity index is 463. The van der Waals surface area contributed by atoms with Crippen molar-refractivity contribution in [1.29, 1.82) is 0 Å². The summed E-state index contributed by atoms with van der Waals surface area (Å²) >= 11 is 0. The highest BCUT2D eigenvalue weighted by atomic mass is 16.2. The molecule has 1 heterocycles. The summed E-state index contributed by atoms with van der Waals surface area (Å²) in [7, 11) is 1.36. The molecule has 1 fully saturated rings. The van der Waals surface area contributed by atoms with Gasteiger partial charge in [0.1, 0.15) is 12.1 Å². The summed E-state index contributed by atoms with van der Waals surface area (Å²) in [5.41, 5.74) is -0.991. The molecule has 0 aromatic heterocycles. The quantitative estimate of drug-likeness (QED) is 0.630. The van der Waals surface area contributed by atoms with Crippen molar-refractivity contribution in [3.8, 4) is 0 Å². The Morgan fingerprint density at radius 2 is 1.95 bits per heavy atom. The lowest BCUT2D eigenvalue weighted by Crippen LogP contribution is -2.47. The predicted molar refractivity (Wildman–Crippen MR) is 75.3 cm³/mol. The van der Waals surface area contributed by atoms with Gasteiger partial charge < -0.3 is 10.6 Å². The zero-order chi connectivity index (χ0) is 16.2. The minimum Gasteiger partial charge on any atom is -0.341 e. The van der Waals surface area contributed by atoms with E-state index in [1.54, 1.807) is 6.92 Å². The summed E-state index contributed by atoms with van der Waals surface area (Å²) in [6.07, 6.45) is 1.28. The van der Waals surface area contributed by atoms with E-state index in [1.165, 1.54) is 7.05 Å². The molecule has 21 heavy (non-hydrogen) atoms. The molecule has 6 amide bonds. The molecule has 0 aliphatic carbocycles. The van der Waals surface area contributed by atoms with Crippen LogP contribution >= 0.6 is 0 Å². The first-order valence-corrected chi connectivity index (χ1v) is 6.85. The molecule has 1 aliphatic rings. The van der Waals surface area contributed by atoms with Crippen LogP contribution in [0.4, 0.5) is 9.59 Å². The lowest BCUT2D eigenvalue weighted by atomic mass is 9.92. The van der Waals surface area contributed by atoms with E-state index >= 15 is 0 Å². The fraction of sp³-hybridized carbons (Fsp3) is 0.692. The van der Waals surface area contributed by atoms with Crippen LogP contribution in [0.5, 0.6) is 0 Å². The molecule has 0 spiro atoms. The van der Waals surface area contributed by atoms with Crippen molar-refractivity contribution < 1.29 is 19.2 Å². The third-order valence-electron chi connectivity index (χ3n) is 3.35. The van der Waals surface area contributed by atoms with Gasteiger partial charge in [-0.25, -0.2) is 9.59 Å². The van der Waals surface area contributed by atoms with Gasteiger partial charge in [-0.1, -0.05) is 13.8 Å². The second-order valence-corrected chi connectivity index (χ2v) is 5.71.